The molecular formula is C10H12. The van der Waals surface area contributed by atoms with Crippen molar-refractivity contribution in [1.82, 2.24) is 0 Å². The molecule has 0 amide bonds. The molecule has 10 heavy (non-hydrogen) atoms. The van der Waals surface area contributed by atoms with E-state index in [1.807, 2.05) is 18.2 Å². The second-order valence-corrected chi connectivity index (χ2v) is 2.55. The van der Waals surface area contributed by atoms with Gasteiger partial charge in [-0.25, -0.2) is 0 Å². The highest BCUT2D eigenvalue weighted by atomic mass is 14.0. The topological polar surface area (TPSA) is 0 Å². The van der Waals surface area contributed by atoms with Crippen molar-refractivity contribution in [3.05, 3.63) is 42.8 Å². The van der Waals surface area contributed by atoms with E-state index in [4.69, 9.17) is 6.92 Å². The molecule has 0 fully saturated rings. The molecule has 0 N–H and O–H groups in total. The largest absolute Gasteiger partial charge is 0.0622 e. The average molecular weight is 132 g/mol. The van der Waals surface area contributed by atoms with Crippen molar-refractivity contribution in [2.45, 2.75) is 19.3 Å². The van der Waals surface area contributed by atoms with E-state index in [1.165, 1.54) is 5.56 Å². The number of benzene rings is 1. The summed E-state index contributed by atoms with van der Waals surface area (Å²) in [5.41, 5.74) is 1.32. The number of rotatable bonds is 2. The minimum absolute atomic E-state index is 0.487. The number of hydrogen-bond donors (Lipinski definition) is 0. The third-order valence-corrected chi connectivity index (χ3v) is 1.72. The van der Waals surface area contributed by atoms with Gasteiger partial charge in [-0.3, -0.25) is 0 Å². The molecule has 0 aliphatic heterocycles. The Morgan fingerprint density at radius 2 is 1.90 bits per heavy atom. The second kappa shape index (κ2) is 3.40. The van der Waals surface area contributed by atoms with Crippen LogP contribution in [0.15, 0.2) is 30.3 Å². The Hall–Kier alpha value is -0.780. The van der Waals surface area contributed by atoms with Gasteiger partial charge in [-0.2, -0.15) is 0 Å². The molecular weight excluding hydrogens is 120 g/mol. The van der Waals surface area contributed by atoms with Crippen LogP contribution in [0.1, 0.15) is 24.8 Å². The third-order valence-electron chi connectivity index (χ3n) is 1.72. The van der Waals surface area contributed by atoms with Crippen LogP contribution in [0.5, 0.6) is 0 Å². The number of hydrogen-bond acceptors (Lipinski definition) is 0. The van der Waals surface area contributed by atoms with E-state index >= 15 is 0 Å². The van der Waals surface area contributed by atoms with E-state index < -0.39 is 0 Å². The zero-order valence-electron chi connectivity index (χ0n) is 6.25. The summed E-state index contributed by atoms with van der Waals surface area (Å²) in [6.45, 7) is 7.64. The van der Waals surface area contributed by atoms with Gasteiger partial charge < -0.3 is 0 Å². The Labute approximate surface area is 62.9 Å². The molecule has 0 aliphatic rings. The summed E-state index contributed by atoms with van der Waals surface area (Å²) in [5.74, 6) is 0.487. The van der Waals surface area contributed by atoms with E-state index in [9.17, 15) is 0 Å². The normalized spacial score (nSPS) is 13.0. The van der Waals surface area contributed by atoms with E-state index in [2.05, 4.69) is 19.1 Å². The van der Waals surface area contributed by atoms with E-state index in [0.717, 1.165) is 6.42 Å². The molecule has 1 rings (SSSR count). The van der Waals surface area contributed by atoms with Gasteiger partial charge in [0.25, 0.3) is 0 Å². The van der Waals surface area contributed by atoms with Crippen molar-refractivity contribution >= 4 is 0 Å². The Kier molecular flexibility index (Phi) is 2.49. The maximum Gasteiger partial charge on any atom is -0.0188 e. The predicted octanol–water partition coefficient (Wildman–Crippen LogP) is 2.89. The SMILES string of the molecule is [CH]CC(C)c1ccccc1. The Morgan fingerprint density at radius 3 is 2.40 bits per heavy atom. The summed E-state index contributed by atoms with van der Waals surface area (Å²) in [6.07, 6.45) is 0.726. The quantitative estimate of drug-likeness (QED) is 0.580. The van der Waals surface area contributed by atoms with Gasteiger partial charge in [-0.05, 0) is 24.8 Å². The minimum atomic E-state index is 0.487. The Bertz CT molecular complexity index is 176. The lowest BCUT2D eigenvalue weighted by molar-refractivity contribution is 0.778. The highest BCUT2D eigenvalue weighted by Crippen LogP contribution is 2.16. The van der Waals surface area contributed by atoms with Gasteiger partial charge in [0.1, 0.15) is 0 Å². The van der Waals surface area contributed by atoms with Gasteiger partial charge in [0.05, 0.1) is 0 Å². The van der Waals surface area contributed by atoms with Crippen molar-refractivity contribution in [3.8, 4) is 0 Å². The summed E-state index contributed by atoms with van der Waals surface area (Å²) >= 11 is 0. The lowest BCUT2D eigenvalue weighted by Gasteiger charge is -2.06. The molecule has 1 aromatic carbocycles. The van der Waals surface area contributed by atoms with Crippen LogP contribution >= 0.6 is 0 Å². The molecule has 1 atom stereocenters. The van der Waals surface area contributed by atoms with Crippen molar-refractivity contribution < 1.29 is 0 Å². The van der Waals surface area contributed by atoms with Gasteiger partial charge in [0.2, 0.25) is 0 Å². The van der Waals surface area contributed by atoms with Crippen molar-refractivity contribution in [2.75, 3.05) is 0 Å². The first kappa shape index (κ1) is 7.33. The molecule has 0 spiro atoms. The zero-order valence-corrected chi connectivity index (χ0v) is 6.25. The molecule has 0 bridgehead atoms. The molecule has 1 aromatic rings. The predicted molar refractivity (Wildman–Crippen MR) is 43.8 cm³/mol. The van der Waals surface area contributed by atoms with Gasteiger partial charge in [0.15, 0.2) is 0 Å². The fourth-order valence-corrected chi connectivity index (χ4v) is 0.918. The zero-order chi connectivity index (χ0) is 7.40. The molecule has 0 nitrogen and oxygen atoms in total. The van der Waals surface area contributed by atoms with E-state index in [1.54, 1.807) is 0 Å². The van der Waals surface area contributed by atoms with Crippen molar-refractivity contribution in [2.24, 2.45) is 0 Å². The fraction of sp³-hybridized carbons (Fsp3) is 0.300. The third kappa shape index (κ3) is 1.60. The first-order chi connectivity index (χ1) is 4.84. The molecule has 0 heteroatoms. The first-order valence-electron chi connectivity index (χ1n) is 3.59. The van der Waals surface area contributed by atoms with Crippen molar-refractivity contribution in [1.29, 1.82) is 0 Å². The first-order valence-corrected chi connectivity index (χ1v) is 3.59. The van der Waals surface area contributed by atoms with Gasteiger partial charge in [-0.15, -0.1) is 0 Å². The highest BCUT2D eigenvalue weighted by Gasteiger charge is 1.99. The smallest absolute Gasteiger partial charge is 0.0188 e. The van der Waals surface area contributed by atoms with Gasteiger partial charge in [0, 0.05) is 0 Å². The van der Waals surface area contributed by atoms with Crippen LogP contribution in [0, 0.1) is 6.92 Å². The summed E-state index contributed by atoms with van der Waals surface area (Å²) in [4.78, 5) is 0. The Morgan fingerprint density at radius 1 is 1.30 bits per heavy atom. The molecule has 1 unspecified atom stereocenters. The molecule has 0 aliphatic carbocycles. The molecule has 0 heterocycles. The van der Waals surface area contributed by atoms with Crippen LogP contribution in [-0.2, 0) is 0 Å². The van der Waals surface area contributed by atoms with Crippen LogP contribution in [0.4, 0.5) is 0 Å². The maximum absolute atomic E-state index is 5.50. The molecule has 0 saturated carbocycles. The standard InChI is InChI=1S/C10H12/c1-3-9(2)10-7-5-4-6-8-10/h1,4-9H,3H2,2H3. The molecule has 0 saturated heterocycles. The van der Waals surface area contributed by atoms with Crippen LogP contribution in [0.2, 0.25) is 0 Å². The van der Waals surface area contributed by atoms with Gasteiger partial charge in [-0.1, -0.05) is 37.3 Å². The van der Waals surface area contributed by atoms with Gasteiger partial charge >= 0.3 is 0 Å². The summed E-state index contributed by atoms with van der Waals surface area (Å²) in [5, 5.41) is 0. The highest BCUT2D eigenvalue weighted by molar-refractivity contribution is 5.18. The van der Waals surface area contributed by atoms with E-state index in [-0.39, 0.29) is 0 Å². The fourth-order valence-electron chi connectivity index (χ4n) is 0.918. The van der Waals surface area contributed by atoms with E-state index in [0.29, 0.717) is 5.92 Å². The molecule has 2 radical (unpaired) electrons. The monoisotopic (exact) mass is 132 g/mol. The van der Waals surface area contributed by atoms with Crippen LogP contribution < -0.4 is 0 Å². The van der Waals surface area contributed by atoms with Crippen LogP contribution in [-0.4, -0.2) is 0 Å². The average Bonchev–Trinajstić information content (AvgIpc) is 2.05. The van der Waals surface area contributed by atoms with Crippen LogP contribution in [0.25, 0.3) is 0 Å². The second-order valence-electron chi connectivity index (χ2n) is 2.55. The van der Waals surface area contributed by atoms with Crippen LogP contribution in [0.3, 0.4) is 0 Å². The molecule has 0 aromatic heterocycles. The Balaban J connectivity index is 2.75. The lowest BCUT2D eigenvalue weighted by Crippen LogP contribution is -1.88. The van der Waals surface area contributed by atoms with Crippen molar-refractivity contribution in [3.63, 3.8) is 0 Å². The minimum Gasteiger partial charge on any atom is -0.0622 e. The summed E-state index contributed by atoms with van der Waals surface area (Å²) < 4.78 is 0. The lowest BCUT2D eigenvalue weighted by atomic mass is 9.99. The summed E-state index contributed by atoms with van der Waals surface area (Å²) in [6, 6.07) is 10.3. The summed E-state index contributed by atoms with van der Waals surface area (Å²) in [7, 11) is 0. The maximum atomic E-state index is 5.50. The molecule has 52 valence electrons.